The zero-order valence-corrected chi connectivity index (χ0v) is 20.2. The minimum absolute atomic E-state index is 0.00168. The van der Waals surface area contributed by atoms with Gasteiger partial charge in [-0.15, -0.1) is 0 Å². The number of esters is 1. The second-order valence-electron chi connectivity index (χ2n) is 7.71. The molecule has 0 atom stereocenters. The highest BCUT2D eigenvalue weighted by Crippen LogP contribution is 2.35. The Morgan fingerprint density at radius 2 is 1.89 bits per heavy atom. The summed E-state index contributed by atoms with van der Waals surface area (Å²) in [6.45, 7) is 2.32. The predicted molar refractivity (Wildman–Crippen MR) is 130 cm³/mol. The van der Waals surface area contributed by atoms with Crippen molar-refractivity contribution in [1.29, 1.82) is 0 Å². The molecule has 8 nitrogen and oxygen atoms in total. The highest BCUT2D eigenvalue weighted by atomic mass is 32.2. The molecule has 0 N–H and O–H groups in total. The summed E-state index contributed by atoms with van der Waals surface area (Å²) in [6.07, 6.45) is 1.62. The monoisotopic (exact) mass is 493 g/mol. The summed E-state index contributed by atoms with van der Waals surface area (Å²) in [5.41, 5.74) is 2.87. The maximum atomic E-state index is 12.9. The number of aryl methyl sites for hydroxylation is 1. The first-order valence-electron chi connectivity index (χ1n) is 10.7. The second kappa shape index (κ2) is 10.5. The van der Waals surface area contributed by atoms with Gasteiger partial charge < -0.3 is 18.6 Å². The first-order valence-corrected chi connectivity index (χ1v) is 11.5. The molecule has 2 aromatic carbocycles. The zero-order chi connectivity index (χ0) is 24.9. The van der Waals surface area contributed by atoms with Crippen molar-refractivity contribution in [3.8, 4) is 11.5 Å². The van der Waals surface area contributed by atoms with Gasteiger partial charge in [-0.2, -0.15) is 0 Å². The highest BCUT2D eigenvalue weighted by Gasteiger charge is 2.35. The summed E-state index contributed by atoms with van der Waals surface area (Å²) in [6, 6.07) is 16.3. The molecule has 1 aliphatic heterocycles. The number of benzene rings is 2. The van der Waals surface area contributed by atoms with E-state index in [1.807, 2.05) is 25.1 Å². The van der Waals surface area contributed by atoms with Gasteiger partial charge in [0.25, 0.3) is 11.1 Å². The summed E-state index contributed by atoms with van der Waals surface area (Å²) in [4.78, 5) is 38.2. The van der Waals surface area contributed by atoms with Crippen LogP contribution in [0.5, 0.6) is 11.5 Å². The number of methoxy groups -OCH3 is 2. The molecule has 0 unspecified atom stereocenters. The van der Waals surface area contributed by atoms with E-state index in [-0.39, 0.29) is 17.2 Å². The largest absolute Gasteiger partial charge is 0.493 e. The third-order valence-corrected chi connectivity index (χ3v) is 6.11. The van der Waals surface area contributed by atoms with Gasteiger partial charge >= 0.3 is 5.97 Å². The molecule has 1 fully saturated rings. The molecule has 1 saturated heterocycles. The predicted octanol–water partition coefficient (Wildman–Crippen LogP) is 5.20. The van der Waals surface area contributed by atoms with Crippen LogP contribution in [0.25, 0.3) is 6.08 Å². The van der Waals surface area contributed by atoms with E-state index in [0.717, 1.165) is 27.8 Å². The number of hydrogen-bond acceptors (Lipinski definition) is 8. The lowest BCUT2D eigenvalue weighted by molar-refractivity contribution is -0.123. The topological polar surface area (TPSA) is 95.3 Å². The molecule has 35 heavy (non-hydrogen) atoms. The van der Waals surface area contributed by atoms with Gasteiger partial charge in [0.2, 0.25) is 5.76 Å². The van der Waals surface area contributed by atoms with Gasteiger partial charge in [0.1, 0.15) is 12.4 Å². The smallest absolute Gasteiger partial charge is 0.373 e. The lowest BCUT2D eigenvalue weighted by Crippen LogP contribution is -2.27. The number of thioether (sulfide) groups is 1. The number of furan rings is 1. The number of hydrogen-bond donors (Lipinski definition) is 0. The van der Waals surface area contributed by atoms with Crippen molar-refractivity contribution in [2.45, 2.75) is 20.1 Å². The molecule has 0 bridgehead atoms. The van der Waals surface area contributed by atoms with E-state index in [1.54, 1.807) is 31.4 Å². The lowest BCUT2D eigenvalue weighted by Gasteiger charge is -2.12. The van der Waals surface area contributed by atoms with Crippen LogP contribution >= 0.6 is 11.8 Å². The van der Waals surface area contributed by atoms with Crippen LogP contribution in [0.4, 0.5) is 4.79 Å². The van der Waals surface area contributed by atoms with Gasteiger partial charge in [0.05, 0.1) is 25.7 Å². The molecule has 0 aliphatic carbocycles. The molecule has 2 heterocycles. The van der Waals surface area contributed by atoms with Crippen LogP contribution in [0.2, 0.25) is 0 Å². The van der Waals surface area contributed by atoms with Crippen LogP contribution in [0.3, 0.4) is 0 Å². The van der Waals surface area contributed by atoms with Crippen molar-refractivity contribution < 1.29 is 33.0 Å². The van der Waals surface area contributed by atoms with E-state index in [0.29, 0.717) is 29.4 Å². The Bertz CT molecular complexity index is 1310. The van der Waals surface area contributed by atoms with Crippen molar-refractivity contribution in [2.75, 3.05) is 14.2 Å². The summed E-state index contributed by atoms with van der Waals surface area (Å²) in [7, 11) is 2.78. The number of carbonyl (C=O) groups is 3. The molecule has 1 aromatic heterocycles. The number of nitrogens with zero attached hydrogens (tertiary/aromatic N) is 1. The molecule has 0 saturated carbocycles. The SMILES string of the molecule is COC(=O)c1ccc(CN2C(=O)SC(=Cc3ccc(OCc4cccc(C)c4)c(OC)c3)C2=O)o1. The van der Waals surface area contributed by atoms with Gasteiger partial charge in [-0.05, 0) is 60.2 Å². The Labute approximate surface area is 206 Å². The van der Waals surface area contributed by atoms with E-state index < -0.39 is 17.1 Å². The van der Waals surface area contributed by atoms with E-state index in [9.17, 15) is 14.4 Å². The Morgan fingerprint density at radius 3 is 2.63 bits per heavy atom. The first-order chi connectivity index (χ1) is 16.9. The van der Waals surface area contributed by atoms with Crippen LogP contribution < -0.4 is 9.47 Å². The van der Waals surface area contributed by atoms with Gasteiger partial charge in [-0.1, -0.05) is 35.9 Å². The second-order valence-corrected chi connectivity index (χ2v) is 8.71. The minimum atomic E-state index is -0.634. The number of rotatable bonds is 8. The fraction of sp³-hybridized carbons (Fsp3) is 0.192. The number of carbonyl (C=O) groups excluding carboxylic acids is 3. The normalized spacial score (nSPS) is 14.5. The number of imide groups is 1. The third kappa shape index (κ3) is 5.58. The molecule has 0 spiro atoms. The molecular weight excluding hydrogens is 470 g/mol. The maximum absolute atomic E-state index is 12.9. The Balaban J connectivity index is 1.46. The molecule has 3 aromatic rings. The molecule has 4 rings (SSSR count). The van der Waals surface area contributed by atoms with Gasteiger partial charge in [0, 0.05) is 0 Å². The number of ether oxygens (including phenoxy) is 3. The average molecular weight is 494 g/mol. The Kier molecular flexibility index (Phi) is 7.26. The molecular formula is C26H23NO7S. The van der Waals surface area contributed by atoms with Crippen molar-refractivity contribution in [2.24, 2.45) is 0 Å². The molecule has 2 amide bonds. The summed E-state index contributed by atoms with van der Waals surface area (Å²) < 4.78 is 21.4. The minimum Gasteiger partial charge on any atom is -0.493 e. The molecule has 0 radical (unpaired) electrons. The van der Waals surface area contributed by atoms with E-state index in [4.69, 9.17) is 13.9 Å². The van der Waals surface area contributed by atoms with Crippen molar-refractivity contribution in [1.82, 2.24) is 4.90 Å². The number of amides is 2. The maximum Gasteiger partial charge on any atom is 0.373 e. The molecule has 9 heteroatoms. The fourth-order valence-electron chi connectivity index (χ4n) is 3.47. The summed E-state index contributed by atoms with van der Waals surface area (Å²) >= 11 is 0.833. The average Bonchev–Trinajstić information content (AvgIpc) is 3.43. The van der Waals surface area contributed by atoms with Crippen LogP contribution in [0.15, 0.2) is 63.9 Å². The Morgan fingerprint density at radius 1 is 1.06 bits per heavy atom. The standard InChI is InChI=1S/C26H23NO7S/c1-16-5-4-6-18(11-16)15-33-20-9-7-17(12-22(20)31-2)13-23-24(28)27(26(30)35-23)14-19-8-10-21(34-19)25(29)32-3/h4-13H,14-15H2,1-3H3. The van der Waals surface area contributed by atoms with Crippen LogP contribution in [0, 0.1) is 6.92 Å². The van der Waals surface area contributed by atoms with E-state index in [1.165, 1.54) is 19.2 Å². The van der Waals surface area contributed by atoms with Gasteiger partial charge in [-0.25, -0.2) is 4.79 Å². The third-order valence-electron chi connectivity index (χ3n) is 5.20. The quantitative estimate of drug-likeness (QED) is 0.312. The van der Waals surface area contributed by atoms with Crippen LogP contribution in [-0.2, 0) is 22.7 Å². The van der Waals surface area contributed by atoms with E-state index >= 15 is 0 Å². The van der Waals surface area contributed by atoms with E-state index in [2.05, 4.69) is 10.8 Å². The fourth-order valence-corrected chi connectivity index (χ4v) is 4.31. The summed E-state index contributed by atoms with van der Waals surface area (Å²) in [5.74, 6) is 0.294. The lowest BCUT2D eigenvalue weighted by atomic mass is 10.1. The molecule has 1 aliphatic rings. The van der Waals surface area contributed by atoms with Gasteiger partial charge in [-0.3, -0.25) is 14.5 Å². The highest BCUT2D eigenvalue weighted by molar-refractivity contribution is 8.18. The molecule has 180 valence electrons. The van der Waals surface area contributed by atoms with Crippen molar-refractivity contribution in [3.05, 3.63) is 87.7 Å². The summed E-state index contributed by atoms with van der Waals surface area (Å²) in [5, 5.41) is -0.428. The van der Waals surface area contributed by atoms with Crippen LogP contribution in [-0.4, -0.2) is 36.2 Å². The van der Waals surface area contributed by atoms with Gasteiger partial charge in [0.15, 0.2) is 11.5 Å². The van der Waals surface area contributed by atoms with Crippen molar-refractivity contribution in [3.63, 3.8) is 0 Å². The first kappa shape index (κ1) is 24.2. The van der Waals surface area contributed by atoms with Crippen LogP contribution in [0.1, 0.15) is 33.0 Å². The van der Waals surface area contributed by atoms with Crippen molar-refractivity contribution >= 4 is 35.0 Å². The zero-order valence-electron chi connectivity index (χ0n) is 19.4. The Hall–Kier alpha value is -3.98.